The lowest BCUT2D eigenvalue weighted by molar-refractivity contribution is -0.100. The molecule has 3 N–H and O–H groups in total. The van der Waals surface area contributed by atoms with E-state index in [9.17, 15) is 9.59 Å². The SMILES string of the molecule is COc1cc(-c2cn(C)c(=O)c3cnccc23)cc(OC)c1CNC12CC(NC(=O)O)(C1)C2. The van der Waals surface area contributed by atoms with E-state index in [0.717, 1.165) is 41.3 Å². The van der Waals surface area contributed by atoms with Crippen molar-refractivity contribution in [2.24, 2.45) is 7.05 Å². The fraction of sp³-hybridized carbons (Fsp3) is 0.375. The van der Waals surface area contributed by atoms with Gasteiger partial charge in [0, 0.05) is 54.4 Å². The molecule has 9 heteroatoms. The van der Waals surface area contributed by atoms with Crippen molar-refractivity contribution in [1.29, 1.82) is 0 Å². The summed E-state index contributed by atoms with van der Waals surface area (Å²) >= 11 is 0. The number of methoxy groups -OCH3 is 2. The second kappa shape index (κ2) is 7.48. The third kappa shape index (κ3) is 3.39. The van der Waals surface area contributed by atoms with Crippen LogP contribution >= 0.6 is 0 Å². The Morgan fingerprint density at radius 2 is 1.82 bits per heavy atom. The zero-order valence-electron chi connectivity index (χ0n) is 18.8. The van der Waals surface area contributed by atoms with Crippen LogP contribution in [0.1, 0.15) is 24.8 Å². The van der Waals surface area contributed by atoms with E-state index in [-0.39, 0.29) is 16.6 Å². The number of rotatable bonds is 7. The van der Waals surface area contributed by atoms with Crippen LogP contribution in [0.5, 0.6) is 11.5 Å². The lowest BCUT2D eigenvalue weighted by Crippen LogP contribution is -2.83. The summed E-state index contributed by atoms with van der Waals surface area (Å²) in [5.74, 6) is 1.36. The predicted molar refractivity (Wildman–Crippen MR) is 123 cm³/mol. The Hall–Kier alpha value is -3.59. The molecule has 3 aliphatic rings. The molecule has 0 aliphatic heterocycles. The van der Waals surface area contributed by atoms with Crippen molar-refractivity contribution < 1.29 is 19.4 Å². The summed E-state index contributed by atoms with van der Waals surface area (Å²) in [6.07, 6.45) is 6.46. The first kappa shape index (κ1) is 21.3. The molecule has 0 unspecified atom stereocenters. The third-order valence-electron chi connectivity index (χ3n) is 6.95. The summed E-state index contributed by atoms with van der Waals surface area (Å²) in [6, 6.07) is 5.74. The van der Waals surface area contributed by atoms with Gasteiger partial charge < -0.3 is 29.8 Å². The first-order valence-corrected chi connectivity index (χ1v) is 10.7. The molecule has 0 atom stereocenters. The van der Waals surface area contributed by atoms with Gasteiger partial charge in [-0.15, -0.1) is 0 Å². The van der Waals surface area contributed by atoms with Gasteiger partial charge in [0.05, 0.1) is 19.6 Å². The molecule has 0 spiro atoms. The number of hydrogen-bond acceptors (Lipinski definition) is 6. The summed E-state index contributed by atoms with van der Waals surface area (Å²) in [5, 5.41) is 16.6. The van der Waals surface area contributed by atoms with Crippen LogP contribution in [0.15, 0.2) is 41.6 Å². The largest absolute Gasteiger partial charge is 0.496 e. The van der Waals surface area contributed by atoms with E-state index < -0.39 is 6.09 Å². The van der Waals surface area contributed by atoms with Gasteiger partial charge in [0.15, 0.2) is 0 Å². The highest BCUT2D eigenvalue weighted by atomic mass is 16.5. The minimum atomic E-state index is -0.969. The number of carboxylic acid groups (broad SMARTS) is 1. The fourth-order valence-corrected chi connectivity index (χ4v) is 5.47. The number of fused-ring (bicyclic) bond motifs is 1. The fourth-order valence-electron chi connectivity index (χ4n) is 5.47. The average Bonchev–Trinajstić information content (AvgIpc) is 2.76. The smallest absolute Gasteiger partial charge is 0.405 e. The number of hydrogen-bond donors (Lipinski definition) is 3. The molecule has 6 rings (SSSR count). The van der Waals surface area contributed by atoms with Crippen LogP contribution < -0.4 is 25.7 Å². The van der Waals surface area contributed by atoms with Gasteiger partial charge in [-0.05, 0) is 48.4 Å². The van der Waals surface area contributed by atoms with Gasteiger partial charge in [0.1, 0.15) is 11.5 Å². The number of aromatic nitrogens is 2. The number of nitrogens with zero attached hydrogens (tertiary/aromatic N) is 2. The van der Waals surface area contributed by atoms with Crippen molar-refractivity contribution in [3.8, 4) is 22.6 Å². The van der Waals surface area contributed by atoms with Crippen LogP contribution in [0.25, 0.3) is 21.9 Å². The van der Waals surface area contributed by atoms with Crippen LogP contribution in [0.3, 0.4) is 0 Å². The van der Waals surface area contributed by atoms with E-state index >= 15 is 0 Å². The van der Waals surface area contributed by atoms with Crippen LogP contribution in [-0.4, -0.2) is 46.0 Å². The second-order valence-electron chi connectivity index (χ2n) is 9.11. The van der Waals surface area contributed by atoms with Crippen LogP contribution in [-0.2, 0) is 13.6 Å². The lowest BCUT2D eigenvalue weighted by atomic mass is 9.44. The Balaban J connectivity index is 1.46. The molecule has 172 valence electrons. The summed E-state index contributed by atoms with van der Waals surface area (Å²) in [7, 11) is 4.97. The highest BCUT2D eigenvalue weighted by Gasteiger charge is 2.68. The van der Waals surface area contributed by atoms with Crippen molar-refractivity contribution in [3.05, 3.63) is 52.7 Å². The summed E-state index contributed by atoms with van der Waals surface area (Å²) in [6.45, 7) is 0.535. The Morgan fingerprint density at radius 3 is 2.42 bits per heavy atom. The summed E-state index contributed by atoms with van der Waals surface area (Å²) in [4.78, 5) is 27.6. The second-order valence-corrected chi connectivity index (χ2v) is 9.11. The third-order valence-corrected chi connectivity index (χ3v) is 6.95. The predicted octanol–water partition coefficient (Wildman–Crippen LogP) is 2.65. The zero-order chi connectivity index (χ0) is 23.4. The van der Waals surface area contributed by atoms with Gasteiger partial charge in [-0.2, -0.15) is 0 Å². The zero-order valence-corrected chi connectivity index (χ0v) is 18.8. The maximum absolute atomic E-state index is 12.5. The molecule has 3 aliphatic carbocycles. The number of aryl methyl sites for hydroxylation is 1. The minimum absolute atomic E-state index is 0.0436. The highest BCUT2D eigenvalue weighted by Crippen LogP contribution is 2.60. The standard InChI is InChI=1S/C24H26N4O5/c1-28-10-18(15-4-5-25-8-16(15)21(28)29)14-6-19(32-2)17(20(7-14)33-3)9-26-23-11-24(12-23,13-23)27-22(30)31/h4-8,10,26-27H,9,11-13H2,1-3H3,(H,30,31). The maximum Gasteiger partial charge on any atom is 0.405 e. The molecule has 1 aromatic carbocycles. The number of nitrogens with one attached hydrogen (secondary N) is 2. The van der Waals surface area contributed by atoms with E-state index in [1.54, 1.807) is 38.2 Å². The number of pyridine rings is 2. The molecule has 3 fully saturated rings. The van der Waals surface area contributed by atoms with Gasteiger partial charge >= 0.3 is 6.09 Å². The van der Waals surface area contributed by atoms with Gasteiger partial charge in [-0.1, -0.05) is 0 Å². The van der Waals surface area contributed by atoms with E-state index in [0.29, 0.717) is 23.4 Å². The average molecular weight is 450 g/mol. The van der Waals surface area contributed by atoms with Crippen LogP contribution in [0.2, 0.25) is 0 Å². The molecule has 2 aromatic heterocycles. The first-order chi connectivity index (χ1) is 15.8. The molecule has 2 bridgehead atoms. The normalized spacial score (nSPS) is 22.9. The number of carbonyl (C=O) groups is 1. The van der Waals surface area contributed by atoms with E-state index in [1.807, 2.05) is 24.4 Å². The van der Waals surface area contributed by atoms with Crippen LogP contribution in [0, 0.1) is 0 Å². The molecular formula is C24H26N4O5. The molecule has 33 heavy (non-hydrogen) atoms. The quantitative estimate of drug-likeness (QED) is 0.507. The van der Waals surface area contributed by atoms with E-state index in [4.69, 9.17) is 14.6 Å². The number of amides is 1. The summed E-state index contributed by atoms with van der Waals surface area (Å²) < 4.78 is 13.0. The van der Waals surface area contributed by atoms with E-state index in [2.05, 4.69) is 15.6 Å². The lowest BCUT2D eigenvalue weighted by Gasteiger charge is -2.70. The monoisotopic (exact) mass is 450 g/mol. The van der Waals surface area contributed by atoms with Crippen LogP contribution in [0.4, 0.5) is 4.79 Å². The van der Waals surface area contributed by atoms with Crippen molar-refractivity contribution in [2.75, 3.05) is 14.2 Å². The molecule has 0 saturated heterocycles. The molecule has 3 aromatic rings. The van der Waals surface area contributed by atoms with Gasteiger partial charge in [-0.3, -0.25) is 9.78 Å². The maximum atomic E-state index is 12.5. The van der Waals surface area contributed by atoms with Crippen molar-refractivity contribution >= 4 is 16.9 Å². The van der Waals surface area contributed by atoms with Crippen molar-refractivity contribution in [2.45, 2.75) is 36.9 Å². The van der Waals surface area contributed by atoms with Gasteiger partial charge in [-0.25, -0.2) is 4.79 Å². The van der Waals surface area contributed by atoms with Crippen molar-refractivity contribution in [3.63, 3.8) is 0 Å². The Bertz CT molecular complexity index is 1290. The van der Waals surface area contributed by atoms with Gasteiger partial charge in [0.25, 0.3) is 5.56 Å². The number of ether oxygens (including phenoxy) is 2. The molecule has 1 amide bonds. The molecule has 0 radical (unpaired) electrons. The molecule has 9 nitrogen and oxygen atoms in total. The Labute approximate surface area is 190 Å². The Morgan fingerprint density at radius 1 is 1.15 bits per heavy atom. The topological polar surface area (TPSA) is 115 Å². The van der Waals surface area contributed by atoms with E-state index in [1.165, 1.54) is 0 Å². The van der Waals surface area contributed by atoms with Crippen molar-refractivity contribution in [1.82, 2.24) is 20.2 Å². The molecular weight excluding hydrogens is 424 g/mol. The highest BCUT2D eigenvalue weighted by molar-refractivity contribution is 5.95. The Kier molecular flexibility index (Phi) is 4.82. The molecule has 2 heterocycles. The minimum Gasteiger partial charge on any atom is -0.496 e. The molecule has 3 saturated carbocycles. The first-order valence-electron chi connectivity index (χ1n) is 10.7. The number of benzene rings is 1. The summed E-state index contributed by atoms with van der Waals surface area (Å²) in [5.41, 5.74) is 2.23. The van der Waals surface area contributed by atoms with Gasteiger partial charge in [0.2, 0.25) is 0 Å².